The number of aromatic nitrogens is 2. The van der Waals surface area contributed by atoms with Gasteiger partial charge in [-0.3, -0.25) is 24.7 Å². The van der Waals surface area contributed by atoms with Gasteiger partial charge in [0, 0.05) is 79.8 Å². The number of sulfonamides is 1. The summed E-state index contributed by atoms with van der Waals surface area (Å²) in [5.41, 5.74) is 4.39. The molecule has 5 aromatic rings. The molecule has 4 atom stereocenters. The van der Waals surface area contributed by atoms with E-state index in [0.29, 0.717) is 54.0 Å². The number of aromatic amines is 1. The number of nitrogens with zero attached hydrogens (tertiary/aromatic N) is 5. The second kappa shape index (κ2) is 16.8. The molecule has 3 N–H and O–H groups in total. The number of fused-ring (bicyclic) bond motifs is 4. The third kappa shape index (κ3) is 8.02. The van der Waals surface area contributed by atoms with Crippen LogP contribution < -0.4 is 24.4 Å². The molecule has 3 aromatic carbocycles. The summed E-state index contributed by atoms with van der Waals surface area (Å²) in [6, 6.07) is 21.1. The standard InChI is InChI=1S/C49H56N8O8S/c1-30(2)39-6-3-4-7-40(39)42-8-5-15-56(42)35-23-49(24-35)12-16-54(17-13-49)33-9-10-41(44(20-33)65-36-18-31-11-14-50-47(31)51-25-36)48(58)53-66(61,62)38-21-43(57(59)60)46-45(22-38)64-28-32(52-46)26-55-27-37-19-34(55)29-63-37/h3-4,6-7,9-11,14,18,20-22,25,30,32,34-35,37,42,52H,5,8,12-13,15-17,19,23-24,26-29H2,1-2H3,(H,50,51)(H,53,58)/t32-,34+,37+,42+/m1/s1. The smallest absolute Gasteiger partial charge is 0.297 e. The Bertz CT molecular complexity index is 2800. The van der Waals surface area contributed by atoms with E-state index in [9.17, 15) is 23.3 Å². The van der Waals surface area contributed by atoms with Crippen LogP contribution >= 0.6 is 0 Å². The molecule has 7 heterocycles. The predicted octanol–water partition coefficient (Wildman–Crippen LogP) is 7.74. The summed E-state index contributed by atoms with van der Waals surface area (Å²) in [6.07, 6.45) is 11.4. The third-order valence-corrected chi connectivity index (χ3v) is 16.4. The quantitative estimate of drug-likeness (QED) is 0.0817. The minimum Gasteiger partial charge on any atom is -0.489 e. The van der Waals surface area contributed by atoms with E-state index in [1.54, 1.807) is 30.6 Å². The molecule has 346 valence electrons. The third-order valence-electron chi connectivity index (χ3n) is 15.1. The molecule has 5 aliphatic heterocycles. The Balaban J connectivity index is 0.799. The molecule has 1 aliphatic carbocycles. The monoisotopic (exact) mass is 916 g/mol. The van der Waals surface area contributed by atoms with E-state index in [0.717, 1.165) is 62.6 Å². The molecular weight excluding hydrogens is 861 g/mol. The number of benzene rings is 3. The summed E-state index contributed by atoms with van der Waals surface area (Å²) < 4.78 is 48.2. The molecule has 5 fully saturated rings. The number of hydrogen-bond acceptors (Lipinski definition) is 13. The van der Waals surface area contributed by atoms with Crippen LogP contribution in [0.5, 0.6) is 17.2 Å². The molecule has 1 amide bonds. The van der Waals surface area contributed by atoms with Crippen molar-refractivity contribution in [3.63, 3.8) is 0 Å². The maximum atomic E-state index is 14.1. The number of nitro benzene ring substituents is 1. The number of piperidine rings is 1. The van der Waals surface area contributed by atoms with Crippen molar-refractivity contribution in [3.05, 3.63) is 106 Å². The van der Waals surface area contributed by atoms with Crippen molar-refractivity contribution in [2.75, 3.05) is 56.2 Å². The molecule has 2 bridgehead atoms. The second-order valence-electron chi connectivity index (χ2n) is 19.6. The molecule has 4 saturated heterocycles. The van der Waals surface area contributed by atoms with Crippen molar-refractivity contribution in [2.24, 2.45) is 5.41 Å². The number of morpholine rings is 1. The van der Waals surface area contributed by atoms with Gasteiger partial charge >= 0.3 is 0 Å². The molecule has 66 heavy (non-hydrogen) atoms. The SMILES string of the molecule is CC(C)c1ccccc1[C@@H]1CCCN1C1CC2(CCN(c3ccc(C(=O)NS(=O)(=O)c4cc5c(c([N+](=O)[O-])c4)N[C@H](CN4C[C@@H]6C[C@H]4CO6)CO5)c(Oc4cnc5[nH]ccc5c4)c3)CC2)C1. The number of nitrogens with one attached hydrogen (secondary N) is 3. The minimum atomic E-state index is -4.64. The maximum Gasteiger partial charge on any atom is 0.297 e. The van der Waals surface area contributed by atoms with Crippen LogP contribution in [-0.2, 0) is 14.8 Å². The minimum absolute atomic E-state index is 0.0222. The van der Waals surface area contributed by atoms with E-state index in [1.807, 2.05) is 12.1 Å². The van der Waals surface area contributed by atoms with Gasteiger partial charge in [0.1, 0.15) is 23.8 Å². The van der Waals surface area contributed by atoms with Crippen LogP contribution in [0.25, 0.3) is 11.0 Å². The number of amides is 1. The summed E-state index contributed by atoms with van der Waals surface area (Å²) in [4.78, 5) is 40.3. The largest absolute Gasteiger partial charge is 0.489 e. The van der Waals surface area contributed by atoms with Gasteiger partial charge in [-0.05, 0) is 98.2 Å². The highest BCUT2D eigenvalue weighted by Gasteiger charge is 2.50. The number of hydrogen-bond donors (Lipinski definition) is 3. The van der Waals surface area contributed by atoms with Gasteiger partial charge in [0.2, 0.25) is 0 Å². The van der Waals surface area contributed by atoms with Gasteiger partial charge in [-0.25, -0.2) is 18.1 Å². The summed E-state index contributed by atoms with van der Waals surface area (Å²) in [7, 11) is -4.64. The number of nitro groups is 1. The fraction of sp³-hybridized carbons (Fsp3) is 0.469. The van der Waals surface area contributed by atoms with E-state index in [2.05, 4.69) is 72.8 Å². The Morgan fingerprint density at radius 3 is 2.65 bits per heavy atom. The highest BCUT2D eigenvalue weighted by Crippen LogP contribution is 2.54. The molecule has 1 saturated carbocycles. The van der Waals surface area contributed by atoms with Crippen LogP contribution in [-0.4, -0.2) is 109 Å². The molecule has 0 unspecified atom stereocenters. The lowest BCUT2D eigenvalue weighted by atomic mass is 9.59. The van der Waals surface area contributed by atoms with E-state index in [-0.39, 0.29) is 41.5 Å². The first-order valence-corrected chi connectivity index (χ1v) is 24.9. The van der Waals surface area contributed by atoms with Crippen molar-refractivity contribution < 1.29 is 32.3 Å². The van der Waals surface area contributed by atoms with Crippen LogP contribution in [0.15, 0.2) is 84.0 Å². The van der Waals surface area contributed by atoms with Crippen LogP contribution in [0.3, 0.4) is 0 Å². The lowest BCUT2D eigenvalue weighted by Crippen LogP contribution is -2.54. The van der Waals surface area contributed by atoms with Gasteiger partial charge in [-0.2, -0.15) is 0 Å². The number of H-pyrrole nitrogens is 1. The predicted molar refractivity (Wildman–Crippen MR) is 249 cm³/mol. The summed E-state index contributed by atoms with van der Waals surface area (Å²) in [5.74, 6) is 0.0749. The van der Waals surface area contributed by atoms with Gasteiger partial charge < -0.3 is 29.4 Å². The zero-order valence-electron chi connectivity index (χ0n) is 37.3. The van der Waals surface area contributed by atoms with Crippen molar-refractivity contribution in [2.45, 2.75) is 99.9 Å². The van der Waals surface area contributed by atoms with Crippen molar-refractivity contribution >= 4 is 44.0 Å². The van der Waals surface area contributed by atoms with Crippen molar-refractivity contribution in [1.29, 1.82) is 0 Å². The second-order valence-corrected chi connectivity index (χ2v) is 21.2. The molecule has 1 spiro atoms. The summed E-state index contributed by atoms with van der Waals surface area (Å²) >= 11 is 0. The first-order chi connectivity index (χ1) is 31.9. The zero-order chi connectivity index (χ0) is 45.3. The highest BCUT2D eigenvalue weighted by molar-refractivity contribution is 7.90. The number of ether oxygens (including phenoxy) is 3. The average Bonchev–Trinajstić information content (AvgIpc) is 4.14. The normalized spacial score (nSPS) is 24.0. The first-order valence-electron chi connectivity index (χ1n) is 23.4. The van der Waals surface area contributed by atoms with Crippen LogP contribution in [0.1, 0.15) is 92.2 Å². The number of carbonyl (C=O) groups excluding carboxylic acids is 1. The molecule has 2 aromatic heterocycles. The van der Waals surface area contributed by atoms with Crippen LogP contribution in [0.2, 0.25) is 0 Å². The fourth-order valence-corrected chi connectivity index (χ4v) is 12.7. The molecule has 6 aliphatic rings. The van der Waals surface area contributed by atoms with Gasteiger partial charge in [-0.15, -0.1) is 0 Å². The van der Waals surface area contributed by atoms with Gasteiger partial charge in [0.25, 0.3) is 21.6 Å². The van der Waals surface area contributed by atoms with Gasteiger partial charge in [-0.1, -0.05) is 38.1 Å². The number of carbonyl (C=O) groups is 1. The summed E-state index contributed by atoms with van der Waals surface area (Å²) in [6.45, 7) is 9.63. The first kappa shape index (κ1) is 42.9. The van der Waals surface area contributed by atoms with Gasteiger partial charge in [0.05, 0.1) is 40.3 Å². The van der Waals surface area contributed by atoms with Crippen LogP contribution in [0, 0.1) is 15.5 Å². The van der Waals surface area contributed by atoms with E-state index < -0.39 is 31.4 Å². The maximum absolute atomic E-state index is 14.1. The number of likely N-dealkylation sites (tertiary alicyclic amines) is 2. The molecule has 16 nitrogen and oxygen atoms in total. The fourth-order valence-electron chi connectivity index (χ4n) is 11.7. The number of pyridine rings is 1. The van der Waals surface area contributed by atoms with E-state index in [1.165, 1.54) is 42.9 Å². The number of rotatable bonds is 12. The highest BCUT2D eigenvalue weighted by atomic mass is 32.2. The Morgan fingerprint density at radius 1 is 1.05 bits per heavy atom. The van der Waals surface area contributed by atoms with Crippen molar-refractivity contribution in [3.8, 4) is 17.2 Å². The molecular formula is C49H56N8O8S. The molecule has 17 heteroatoms. The Kier molecular flexibility index (Phi) is 10.9. The van der Waals surface area contributed by atoms with Gasteiger partial charge in [0.15, 0.2) is 11.4 Å². The molecule has 0 radical (unpaired) electrons. The van der Waals surface area contributed by atoms with Crippen molar-refractivity contribution in [1.82, 2.24) is 24.5 Å². The lowest BCUT2D eigenvalue weighted by molar-refractivity contribution is -0.384. The van der Waals surface area contributed by atoms with E-state index in [4.69, 9.17) is 14.2 Å². The van der Waals surface area contributed by atoms with E-state index >= 15 is 0 Å². The number of anilines is 2. The Morgan fingerprint density at radius 2 is 1.88 bits per heavy atom. The zero-order valence-corrected chi connectivity index (χ0v) is 38.1. The Labute approximate surface area is 384 Å². The van der Waals surface area contributed by atoms with Crippen LogP contribution in [0.4, 0.5) is 17.1 Å². The topological polar surface area (TPSA) is 184 Å². The molecule has 11 rings (SSSR count). The lowest BCUT2D eigenvalue weighted by Gasteiger charge is -2.56. The summed E-state index contributed by atoms with van der Waals surface area (Å²) in [5, 5.41) is 16.4. The Hall–Kier alpha value is -5.75. The average molecular weight is 917 g/mol.